The summed E-state index contributed by atoms with van der Waals surface area (Å²) in [5.41, 5.74) is 0. The summed E-state index contributed by atoms with van der Waals surface area (Å²) in [6, 6.07) is 0. The first-order chi connectivity index (χ1) is 7.93. The van der Waals surface area contributed by atoms with E-state index in [2.05, 4.69) is 0 Å². The van der Waals surface area contributed by atoms with Gasteiger partial charge in [0.1, 0.15) is 0 Å². The predicted molar refractivity (Wildman–Crippen MR) is 64.9 cm³/mol. The molecule has 1 fully saturated rings. The highest BCUT2D eigenvalue weighted by Gasteiger charge is 2.23. The highest BCUT2D eigenvalue weighted by molar-refractivity contribution is 7.88. The quantitative estimate of drug-likeness (QED) is 0.554. The van der Waals surface area contributed by atoms with Gasteiger partial charge in [-0.1, -0.05) is 6.08 Å². The summed E-state index contributed by atoms with van der Waals surface area (Å²) in [6.07, 6.45) is 5.98. The Morgan fingerprint density at radius 1 is 1.41 bits per heavy atom. The van der Waals surface area contributed by atoms with E-state index in [0.717, 1.165) is 12.8 Å². The first-order valence-corrected chi connectivity index (χ1v) is 7.58. The van der Waals surface area contributed by atoms with Gasteiger partial charge in [-0.25, -0.2) is 17.5 Å². The molecule has 0 radical (unpaired) electrons. The molecule has 1 aliphatic rings. The van der Waals surface area contributed by atoms with Crippen molar-refractivity contribution in [3.05, 3.63) is 12.2 Å². The van der Waals surface area contributed by atoms with Gasteiger partial charge in [-0.15, -0.1) is 0 Å². The Kier molecular flexibility index (Phi) is 5.14. The average Bonchev–Trinajstić information content (AvgIpc) is 2.26. The third-order valence-electron chi connectivity index (χ3n) is 2.76. The molecule has 1 aliphatic heterocycles. The molecule has 0 aromatic carbocycles. The van der Waals surface area contributed by atoms with Crippen LogP contribution < -0.4 is 0 Å². The molecule has 0 aromatic rings. The zero-order valence-corrected chi connectivity index (χ0v) is 11.1. The van der Waals surface area contributed by atoms with Crippen molar-refractivity contribution in [1.29, 1.82) is 0 Å². The Hall–Kier alpha value is -0.880. The number of hydrogen-bond acceptors (Lipinski definition) is 4. The Morgan fingerprint density at radius 2 is 2.00 bits per heavy atom. The van der Waals surface area contributed by atoms with Gasteiger partial charge in [0.05, 0.1) is 12.9 Å². The summed E-state index contributed by atoms with van der Waals surface area (Å²) >= 11 is 0. The topological polar surface area (TPSA) is 63.7 Å². The van der Waals surface area contributed by atoms with Crippen molar-refractivity contribution in [2.45, 2.75) is 19.8 Å². The molecule has 98 valence electrons. The van der Waals surface area contributed by atoms with Crippen molar-refractivity contribution in [3.63, 3.8) is 0 Å². The first-order valence-electron chi connectivity index (χ1n) is 5.73. The second-order valence-corrected chi connectivity index (χ2v) is 6.09. The molecule has 0 unspecified atom stereocenters. The fraction of sp³-hybridized carbons (Fsp3) is 0.727. The van der Waals surface area contributed by atoms with Crippen LogP contribution in [0.2, 0.25) is 0 Å². The van der Waals surface area contributed by atoms with Gasteiger partial charge in [-0.05, 0) is 25.7 Å². The van der Waals surface area contributed by atoms with Crippen LogP contribution in [0.5, 0.6) is 0 Å². The monoisotopic (exact) mass is 261 g/mol. The highest BCUT2D eigenvalue weighted by Crippen LogP contribution is 2.20. The Balaban J connectivity index is 2.40. The normalized spacial score (nSPS) is 19.6. The zero-order valence-electron chi connectivity index (χ0n) is 10.3. The average molecular weight is 261 g/mol. The van der Waals surface area contributed by atoms with E-state index < -0.39 is 10.0 Å². The lowest BCUT2D eigenvalue weighted by Crippen LogP contribution is -2.37. The smallest absolute Gasteiger partial charge is 0.330 e. The van der Waals surface area contributed by atoms with E-state index in [1.165, 1.54) is 16.6 Å². The van der Waals surface area contributed by atoms with E-state index in [1.807, 2.05) is 6.08 Å². The second kappa shape index (κ2) is 6.16. The summed E-state index contributed by atoms with van der Waals surface area (Å²) in [7, 11) is -3.07. The van der Waals surface area contributed by atoms with E-state index >= 15 is 0 Å². The molecular formula is C11H19NO4S. The number of sulfonamides is 1. The fourth-order valence-electron chi connectivity index (χ4n) is 1.80. The molecule has 6 heteroatoms. The van der Waals surface area contributed by atoms with Crippen molar-refractivity contribution in [2.24, 2.45) is 5.92 Å². The van der Waals surface area contributed by atoms with Crippen LogP contribution in [-0.4, -0.2) is 44.6 Å². The van der Waals surface area contributed by atoms with Gasteiger partial charge in [-0.3, -0.25) is 0 Å². The van der Waals surface area contributed by atoms with E-state index in [1.54, 1.807) is 6.92 Å². The maximum absolute atomic E-state index is 11.3. The highest BCUT2D eigenvalue weighted by atomic mass is 32.2. The fourth-order valence-corrected chi connectivity index (χ4v) is 2.68. The van der Waals surface area contributed by atoms with Gasteiger partial charge >= 0.3 is 5.97 Å². The maximum atomic E-state index is 11.3. The molecule has 1 saturated heterocycles. The molecule has 0 bridgehead atoms. The van der Waals surface area contributed by atoms with Crippen molar-refractivity contribution in [3.8, 4) is 0 Å². The van der Waals surface area contributed by atoms with Crippen molar-refractivity contribution < 1.29 is 17.9 Å². The molecular weight excluding hydrogens is 242 g/mol. The van der Waals surface area contributed by atoms with Crippen LogP contribution in [0.4, 0.5) is 0 Å². The number of piperidine rings is 1. The SMILES string of the molecule is CCOC(=O)C=CC1CCN(S(C)(=O)=O)CC1. The molecule has 1 heterocycles. The first kappa shape index (κ1) is 14.2. The molecule has 0 N–H and O–H groups in total. The Morgan fingerprint density at radius 3 is 2.47 bits per heavy atom. The van der Waals surface area contributed by atoms with E-state index in [-0.39, 0.29) is 11.9 Å². The lowest BCUT2D eigenvalue weighted by molar-refractivity contribution is -0.137. The molecule has 17 heavy (non-hydrogen) atoms. The van der Waals surface area contributed by atoms with Crippen molar-refractivity contribution >= 4 is 16.0 Å². The Labute approximate surface area is 102 Å². The standard InChI is InChI=1S/C11H19NO4S/c1-3-16-11(13)5-4-10-6-8-12(9-7-10)17(2,14)15/h4-5,10H,3,6-9H2,1-2H3. The minimum Gasteiger partial charge on any atom is -0.463 e. The number of ether oxygens (including phenoxy) is 1. The van der Waals surface area contributed by atoms with Crippen LogP contribution in [0.3, 0.4) is 0 Å². The summed E-state index contributed by atoms with van der Waals surface area (Å²) in [6.45, 7) is 3.18. The Bertz CT molecular complexity index is 380. The molecule has 1 rings (SSSR count). The zero-order chi connectivity index (χ0) is 12.9. The molecule has 0 saturated carbocycles. The van der Waals surface area contributed by atoms with E-state index in [4.69, 9.17) is 4.74 Å². The third kappa shape index (κ3) is 4.87. The van der Waals surface area contributed by atoms with E-state index in [0.29, 0.717) is 19.7 Å². The molecule has 0 atom stereocenters. The van der Waals surface area contributed by atoms with Gasteiger partial charge in [0, 0.05) is 19.2 Å². The van der Waals surface area contributed by atoms with Crippen LogP contribution in [-0.2, 0) is 19.6 Å². The van der Waals surface area contributed by atoms with Gasteiger partial charge < -0.3 is 4.74 Å². The van der Waals surface area contributed by atoms with Crippen LogP contribution >= 0.6 is 0 Å². The van der Waals surface area contributed by atoms with Crippen LogP contribution in [0, 0.1) is 5.92 Å². The van der Waals surface area contributed by atoms with Gasteiger partial charge in [-0.2, -0.15) is 0 Å². The number of carbonyl (C=O) groups excluding carboxylic acids is 1. The summed E-state index contributed by atoms with van der Waals surface area (Å²) in [4.78, 5) is 11.1. The van der Waals surface area contributed by atoms with Gasteiger partial charge in [0.15, 0.2) is 0 Å². The molecule has 5 nitrogen and oxygen atoms in total. The van der Waals surface area contributed by atoms with Crippen molar-refractivity contribution in [1.82, 2.24) is 4.31 Å². The molecule has 0 amide bonds. The number of nitrogens with zero attached hydrogens (tertiary/aromatic N) is 1. The van der Waals surface area contributed by atoms with E-state index in [9.17, 15) is 13.2 Å². The number of rotatable bonds is 4. The van der Waals surface area contributed by atoms with Crippen LogP contribution in [0.15, 0.2) is 12.2 Å². The summed E-state index contributed by atoms with van der Waals surface area (Å²) in [5, 5.41) is 0. The minimum atomic E-state index is -3.07. The van der Waals surface area contributed by atoms with Crippen molar-refractivity contribution in [2.75, 3.05) is 26.0 Å². The van der Waals surface area contributed by atoms with Gasteiger partial charge in [0.2, 0.25) is 10.0 Å². The maximum Gasteiger partial charge on any atom is 0.330 e. The largest absolute Gasteiger partial charge is 0.463 e. The number of allylic oxidation sites excluding steroid dienone is 1. The minimum absolute atomic E-state index is 0.261. The number of esters is 1. The second-order valence-electron chi connectivity index (χ2n) is 4.11. The van der Waals surface area contributed by atoms with Gasteiger partial charge in [0.25, 0.3) is 0 Å². The molecule has 0 spiro atoms. The van der Waals surface area contributed by atoms with Crippen LogP contribution in [0.25, 0.3) is 0 Å². The number of carbonyl (C=O) groups is 1. The molecule has 0 aliphatic carbocycles. The third-order valence-corrected chi connectivity index (χ3v) is 4.06. The molecule has 0 aromatic heterocycles. The lowest BCUT2D eigenvalue weighted by atomic mass is 9.98. The predicted octanol–water partition coefficient (Wildman–Crippen LogP) is 0.777. The summed E-state index contributed by atoms with van der Waals surface area (Å²) in [5.74, 6) is -0.0737. The van der Waals surface area contributed by atoms with Crippen LogP contribution in [0.1, 0.15) is 19.8 Å². The summed E-state index contributed by atoms with van der Waals surface area (Å²) < 4.78 is 28.8. The lowest BCUT2D eigenvalue weighted by Gasteiger charge is -2.28. The number of hydrogen-bond donors (Lipinski definition) is 0.